The van der Waals surface area contributed by atoms with Crippen LogP contribution in [-0.4, -0.2) is 97.9 Å². The molecule has 0 unspecified atom stereocenters. The van der Waals surface area contributed by atoms with Crippen LogP contribution in [0.4, 0.5) is 17.6 Å². The number of nitrogens with zero attached hydrogens (tertiary/aromatic N) is 3. The molecule has 2 atom stereocenters. The van der Waals surface area contributed by atoms with Crippen molar-refractivity contribution in [3.8, 4) is 17.2 Å². The van der Waals surface area contributed by atoms with Gasteiger partial charge in [0.05, 0.1) is 7.11 Å². The monoisotopic (exact) mass is 931 g/mol. The summed E-state index contributed by atoms with van der Waals surface area (Å²) >= 11 is 0. The van der Waals surface area contributed by atoms with Crippen molar-refractivity contribution in [3.63, 3.8) is 0 Å². The van der Waals surface area contributed by atoms with Gasteiger partial charge in [-0.2, -0.15) is 0 Å². The highest BCUT2D eigenvalue weighted by Crippen LogP contribution is 2.47. The first-order chi connectivity index (χ1) is 32.2. The van der Waals surface area contributed by atoms with E-state index < -0.39 is 29.1 Å². The zero-order valence-electron chi connectivity index (χ0n) is 40.6. The minimum absolute atomic E-state index is 0.156. The van der Waals surface area contributed by atoms with E-state index in [9.17, 15) is 22.4 Å². The van der Waals surface area contributed by atoms with Gasteiger partial charge in [-0.05, 0) is 127 Å². The number of rotatable bonds is 16. The molecule has 0 spiro atoms. The van der Waals surface area contributed by atoms with Gasteiger partial charge in [-0.3, -0.25) is 14.6 Å². The summed E-state index contributed by atoms with van der Waals surface area (Å²) in [5.41, 5.74) is 3.05. The Hall–Kier alpha value is -4.39. The molecule has 12 heteroatoms. The quantitative estimate of drug-likeness (QED) is 0.144. The molecule has 3 heterocycles. The summed E-state index contributed by atoms with van der Waals surface area (Å²) < 4.78 is 72.1. The van der Waals surface area contributed by atoms with Gasteiger partial charge in [-0.1, -0.05) is 61.8 Å². The highest BCUT2D eigenvalue weighted by molar-refractivity contribution is 5.96. The second kappa shape index (κ2) is 23.8. The van der Waals surface area contributed by atoms with Gasteiger partial charge < -0.3 is 24.4 Å². The molecule has 5 aliphatic rings. The first-order valence-corrected chi connectivity index (χ1v) is 25.1. The van der Waals surface area contributed by atoms with Crippen LogP contribution >= 0.6 is 0 Å². The molecule has 1 N–H and O–H groups in total. The van der Waals surface area contributed by atoms with E-state index in [1.54, 1.807) is 31.4 Å². The van der Waals surface area contributed by atoms with E-state index in [1.165, 1.54) is 114 Å². The molecule has 2 aliphatic carbocycles. The van der Waals surface area contributed by atoms with E-state index in [4.69, 9.17) is 14.2 Å². The lowest BCUT2D eigenvalue weighted by Crippen LogP contribution is -2.45. The number of fused-ring (bicyclic) bond motifs is 1. The second-order valence-corrected chi connectivity index (χ2v) is 20.3. The van der Waals surface area contributed by atoms with E-state index in [0.29, 0.717) is 53.1 Å². The molecule has 0 aromatic heterocycles. The summed E-state index contributed by atoms with van der Waals surface area (Å²) in [4.78, 5) is 21.3. The summed E-state index contributed by atoms with van der Waals surface area (Å²) in [7, 11) is 1.54. The Labute approximate surface area is 397 Å². The van der Waals surface area contributed by atoms with E-state index in [0.717, 1.165) is 74.1 Å². The summed E-state index contributed by atoms with van der Waals surface area (Å²) in [5, 5.41) is 3.54. The number of methoxy groups -OCH3 is 1. The van der Waals surface area contributed by atoms with Crippen molar-refractivity contribution in [1.29, 1.82) is 0 Å². The average Bonchev–Trinajstić information content (AvgIpc) is 4.03. The predicted octanol–water partition coefficient (Wildman–Crippen LogP) is 12.1. The Balaban J connectivity index is 0.000000220. The van der Waals surface area contributed by atoms with Crippen LogP contribution in [0.2, 0.25) is 0 Å². The molecule has 8 rings (SSSR count). The number of hydrogen-bond donors (Lipinski definition) is 1. The summed E-state index contributed by atoms with van der Waals surface area (Å²) in [6, 6.07) is 11.6. The summed E-state index contributed by atoms with van der Waals surface area (Å²) in [5.74, 6) is -0.282. The molecule has 0 bridgehead atoms. The summed E-state index contributed by atoms with van der Waals surface area (Å²) in [6.07, 6.45) is 21.8. The van der Waals surface area contributed by atoms with Crippen molar-refractivity contribution < 1.29 is 36.6 Å². The molecule has 8 nitrogen and oxygen atoms in total. The molecule has 4 fully saturated rings. The molecule has 2 saturated carbocycles. The maximum atomic E-state index is 14.4. The Morgan fingerprint density at radius 1 is 0.731 bits per heavy atom. The van der Waals surface area contributed by atoms with Crippen LogP contribution in [0.5, 0.6) is 17.2 Å². The van der Waals surface area contributed by atoms with E-state index in [1.807, 2.05) is 32.6 Å². The zero-order valence-corrected chi connectivity index (χ0v) is 40.6. The van der Waals surface area contributed by atoms with Gasteiger partial charge in [0.15, 0.2) is 11.5 Å². The Morgan fingerprint density at radius 3 is 1.85 bits per heavy atom. The first-order valence-electron chi connectivity index (χ1n) is 25.1. The molecule has 1 amide bonds. The average molecular weight is 931 g/mol. The second-order valence-electron chi connectivity index (χ2n) is 20.3. The van der Waals surface area contributed by atoms with Crippen LogP contribution in [-0.2, 0) is 0 Å². The lowest BCUT2D eigenvalue weighted by Gasteiger charge is -2.34. The molecule has 3 aliphatic heterocycles. The number of likely N-dealkylation sites (tertiary alicyclic amines) is 2. The minimum Gasteiger partial charge on any atom is -0.493 e. The largest absolute Gasteiger partial charge is 0.493 e. The Morgan fingerprint density at radius 2 is 1.28 bits per heavy atom. The van der Waals surface area contributed by atoms with Gasteiger partial charge >= 0.3 is 0 Å². The molecule has 2 saturated heterocycles. The highest BCUT2D eigenvalue weighted by atomic mass is 19.1. The van der Waals surface area contributed by atoms with E-state index in [2.05, 4.69) is 15.1 Å². The number of halogens is 4. The van der Waals surface area contributed by atoms with E-state index >= 15 is 0 Å². The van der Waals surface area contributed by atoms with Crippen LogP contribution < -0.4 is 19.5 Å². The molecule has 366 valence electrons. The van der Waals surface area contributed by atoms with Gasteiger partial charge in [0.1, 0.15) is 23.3 Å². The van der Waals surface area contributed by atoms with Crippen molar-refractivity contribution in [1.82, 2.24) is 20.0 Å². The van der Waals surface area contributed by atoms with Gasteiger partial charge in [-0.25, -0.2) is 17.6 Å². The maximum absolute atomic E-state index is 14.4. The third kappa shape index (κ3) is 14.3. The fourth-order valence-corrected chi connectivity index (χ4v) is 10.9. The van der Waals surface area contributed by atoms with Gasteiger partial charge in [0.25, 0.3) is 5.91 Å². The predicted molar refractivity (Wildman–Crippen MR) is 259 cm³/mol. The molecular formula is C55H74F4N4O4. The first kappa shape index (κ1) is 50.5. The molecule has 3 aromatic rings. The number of carbonyl (C=O) groups is 1. The smallest absolute Gasteiger partial charge is 0.254 e. The molecule has 67 heavy (non-hydrogen) atoms. The lowest BCUT2D eigenvalue weighted by molar-refractivity contribution is -0.0439. The van der Waals surface area contributed by atoms with Crippen molar-refractivity contribution >= 4 is 18.1 Å². The topological polar surface area (TPSA) is 66.5 Å². The molecule has 0 radical (unpaired) electrons. The third-order valence-electron chi connectivity index (χ3n) is 14.3. The third-order valence-corrected chi connectivity index (χ3v) is 14.3. The number of benzene rings is 3. The zero-order chi connectivity index (χ0) is 47.5. The van der Waals surface area contributed by atoms with Crippen molar-refractivity contribution in [2.45, 2.75) is 135 Å². The SMILES string of the molecule is C/C(=C\c1ccc(F)cc1F)CNC[C@@H]1CCCN1CC1CCCCC1.COc1cc(C(=O)N(C/C(C)=C/c2ccc(F)cc2F)C[C@@H]2CCCN2CC2CCCCC2)cc2c1OC(C)(C)O2. The molecule has 3 aromatic carbocycles. The number of hydrogen-bond acceptors (Lipinski definition) is 7. The number of ether oxygens (including phenoxy) is 3. The maximum Gasteiger partial charge on any atom is 0.254 e. The lowest BCUT2D eigenvalue weighted by atomic mass is 9.89. The van der Waals surface area contributed by atoms with Crippen molar-refractivity contribution in [2.75, 3.05) is 59.5 Å². The van der Waals surface area contributed by atoms with Crippen LogP contribution in [0.25, 0.3) is 12.2 Å². The van der Waals surface area contributed by atoms with Crippen LogP contribution in [0, 0.1) is 35.1 Å². The summed E-state index contributed by atoms with van der Waals surface area (Å²) in [6.45, 7) is 14.7. The van der Waals surface area contributed by atoms with Crippen LogP contribution in [0.1, 0.15) is 139 Å². The van der Waals surface area contributed by atoms with Gasteiger partial charge in [0, 0.05) is 94.0 Å². The van der Waals surface area contributed by atoms with Gasteiger partial charge in [-0.15, -0.1) is 0 Å². The minimum atomic E-state index is -0.862. The number of carbonyl (C=O) groups excluding carboxylic acids is 1. The normalized spacial score (nSPS) is 21.6. The fourth-order valence-electron chi connectivity index (χ4n) is 10.9. The van der Waals surface area contributed by atoms with Crippen LogP contribution in [0.15, 0.2) is 59.7 Å². The van der Waals surface area contributed by atoms with E-state index in [-0.39, 0.29) is 11.9 Å². The van der Waals surface area contributed by atoms with Gasteiger partial charge in [0.2, 0.25) is 11.5 Å². The van der Waals surface area contributed by atoms with Crippen molar-refractivity contribution in [2.24, 2.45) is 11.8 Å². The number of amides is 1. The van der Waals surface area contributed by atoms with Crippen LogP contribution in [0.3, 0.4) is 0 Å². The Kier molecular flexibility index (Phi) is 17.9. The number of nitrogens with one attached hydrogen (secondary N) is 1. The standard InChI is InChI=1S/C33H42F2N2O4.C22H32F2N2/c1-22(15-24-12-13-26(34)18-28(24)35)19-37(21-27-11-8-14-36(27)20-23-9-6-5-7-10-23)32(38)25-16-29(39-4)31-30(17-25)40-33(2,3)41-31;1-17(12-19-9-10-20(23)13-22(19)24)14-25-15-21-8-5-11-26(21)16-18-6-3-2-4-7-18/h12-13,15-18,23,27H,5-11,14,19-21H2,1-4H3;9-10,12-13,18,21,25H,2-8,11,14-16H2,1H3/b22-15+;17-12+/t27-;21-/m00/s1. The fraction of sp³-hybridized carbons (Fsp3) is 0.582. The molecular weight excluding hydrogens is 857 g/mol. The highest BCUT2D eigenvalue weighted by Gasteiger charge is 2.37. The Bertz CT molecular complexity index is 2180. The van der Waals surface area contributed by atoms with Crippen molar-refractivity contribution in [3.05, 3.63) is 99.6 Å².